The second-order valence-electron chi connectivity index (χ2n) is 4.81. The predicted molar refractivity (Wildman–Crippen MR) is 87.6 cm³/mol. The van der Waals surface area contributed by atoms with Gasteiger partial charge in [-0.15, -0.1) is 11.8 Å². The number of nitro benzene ring substituents is 1. The van der Waals surface area contributed by atoms with Gasteiger partial charge in [0.05, 0.1) is 21.1 Å². The molecule has 0 aliphatic rings. The Morgan fingerprint density at radius 3 is 2.72 bits per heavy atom. The minimum atomic E-state index is -0.863. The van der Waals surface area contributed by atoms with Gasteiger partial charge in [0.2, 0.25) is 11.6 Å². The molecule has 0 aliphatic carbocycles. The molecule has 0 atom stereocenters. The van der Waals surface area contributed by atoms with E-state index in [-0.39, 0.29) is 22.8 Å². The van der Waals surface area contributed by atoms with Crippen molar-refractivity contribution in [1.29, 1.82) is 0 Å². The van der Waals surface area contributed by atoms with Crippen molar-refractivity contribution in [3.8, 4) is 34.3 Å². The predicted octanol–water partition coefficient (Wildman–Crippen LogP) is 2.13. The first kappa shape index (κ1) is 16.5. The Bertz CT molecular complexity index is 1030. The highest BCUT2D eigenvalue weighted by atomic mass is 32.2. The highest BCUT2D eigenvalue weighted by Gasteiger charge is 2.22. The lowest BCUT2D eigenvalue weighted by molar-refractivity contribution is -0.385. The van der Waals surface area contributed by atoms with E-state index in [9.17, 15) is 25.1 Å². The molecule has 0 spiro atoms. The van der Waals surface area contributed by atoms with E-state index < -0.39 is 27.7 Å². The number of H-pyrrole nitrogens is 1. The second-order valence-corrected chi connectivity index (χ2v) is 5.66. The molecule has 3 N–H and O–H groups in total. The van der Waals surface area contributed by atoms with Crippen LogP contribution in [0, 0.1) is 10.1 Å². The molecular weight excluding hydrogens is 352 g/mol. The number of benzene rings is 1. The van der Waals surface area contributed by atoms with E-state index >= 15 is 0 Å². The van der Waals surface area contributed by atoms with E-state index in [1.807, 2.05) is 6.26 Å². The number of nitrogens with zero attached hydrogens (tertiary/aromatic N) is 3. The van der Waals surface area contributed by atoms with Crippen LogP contribution in [0.1, 0.15) is 0 Å². The standard InChI is InChI=1S/C14H10N4O6S/c1-25-10-3-2-7(13(21)15-10)12-16-14(24-17-12)6-4-8(18(22)23)11(20)9(19)5-6/h2-5,19-20H,1H3,(H,15,21). The highest BCUT2D eigenvalue weighted by Crippen LogP contribution is 2.39. The molecule has 3 rings (SSSR count). The lowest BCUT2D eigenvalue weighted by atomic mass is 10.1. The van der Waals surface area contributed by atoms with Crippen molar-refractivity contribution in [2.45, 2.75) is 5.03 Å². The Balaban J connectivity index is 2.05. The Morgan fingerprint density at radius 1 is 1.32 bits per heavy atom. The van der Waals surface area contributed by atoms with Gasteiger partial charge in [-0.05, 0) is 24.5 Å². The minimum Gasteiger partial charge on any atom is -0.504 e. The topological polar surface area (TPSA) is 155 Å². The van der Waals surface area contributed by atoms with Crippen molar-refractivity contribution in [2.75, 3.05) is 6.26 Å². The summed E-state index contributed by atoms with van der Waals surface area (Å²) in [6, 6.07) is 5.22. The fraction of sp³-hybridized carbons (Fsp3) is 0.0714. The number of nitrogens with one attached hydrogen (secondary N) is 1. The number of thioether (sulfide) groups is 1. The zero-order chi connectivity index (χ0) is 18.1. The Labute approximate surface area is 143 Å². The van der Waals surface area contributed by atoms with Gasteiger partial charge in [0.1, 0.15) is 0 Å². The van der Waals surface area contributed by atoms with Crippen LogP contribution < -0.4 is 5.56 Å². The summed E-state index contributed by atoms with van der Waals surface area (Å²) in [5.41, 5.74) is -0.945. The summed E-state index contributed by atoms with van der Waals surface area (Å²) in [4.78, 5) is 28.7. The van der Waals surface area contributed by atoms with Gasteiger partial charge in [-0.1, -0.05) is 5.16 Å². The second kappa shape index (κ2) is 6.28. The summed E-state index contributed by atoms with van der Waals surface area (Å²) in [7, 11) is 0. The number of aromatic hydroxyl groups is 2. The Morgan fingerprint density at radius 2 is 2.08 bits per heavy atom. The van der Waals surface area contributed by atoms with Crippen molar-refractivity contribution in [2.24, 2.45) is 0 Å². The molecule has 0 unspecified atom stereocenters. The summed E-state index contributed by atoms with van der Waals surface area (Å²) < 4.78 is 5.01. The van der Waals surface area contributed by atoms with E-state index in [0.29, 0.717) is 5.03 Å². The third-order valence-corrected chi connectivity index (χ3v) is 3.96. The molecule has 10 nitrogen and oxygen atoms in total. The molecule has 0 bridgehead atoms. The third-order valence-electron chi connectivity index (χ3n) is 3.28. The zero-order valence-electron chi connectivity index (χ0n) is 12.6. The molecule has 2 aromatic heterocycles. The number of hydrogen-bond acceptors (Lipinski definition) is 9. The summed E-state index contributed by atoms with van der Waals surface area (Å²) in [5.74, 6) is -1.73. The van der Waals surface area contributed by atoms with Crippen LogP contribution in [0.5, 0.6) is 11.5 Å². The lowest BCUT2D eigenvalue weighted by Gasteiger charge is -2.01. The van der Waals surface area contributed by atoms with Gasteiger partial charge in [0.15, 0.2) is 5.75 Å². The molecule has 0 saturated carbocycles. The number of rotatable bonds is 4. The van der Waals surface area contributed by atoms with Crippen molar-refractivity contribution in [3.63, 3.8) is 0 Å². The number of nitro groups is 1. The Kier molecular flexibility index (Phi) is 4.15. The summed E-state index contributed by atoms with van der Waals surface area (Å²) >= 11 is 1.36. The highest BCUT2D eigenvalue weighted by molar-refractivity contribution is 7.98. The zero-order valence-corrected chi connectivity index (χ0v) is 13.4. The number of phenols is 2. The molecule has 0 aliphatic heterocycles. The summed E-state index contributed by atoms with van der Waals surface area (Å²) in [6.07, 6.45) is 1.81. The van der Waals surface area contributed by atoms with Crippen molar-refractivity contribution in [3.05, 3.63) is 44.7 Å². The van der Waals surface area contributed by atoms with Crippen LogP contribution in [-0.2, 0) is 0 Å². The van der Waals surface area contributed by atoms with Crippen molar-refractivity contribution in [1.82, 2.24) is 15.1 Å². The molecule has 25 heavy (non-hydrogen) atoms. The number of aromatic nitrogens is 3. The van der Waals surface area contributed by atoms with Crippen LogP contribution >= 0.6 is 11.8 Å². The molecular formula is C14H10N4O6S. The first-order valence-corrected chi connectivity index (χ1v) is 7.95. The Hall–Kier alpha value is -3.34. The van der Waals surface area contributed by atoms with Gasteiger partial charge in [-0.2, -0.15) is 4.98 Å². The summed E-state index contributed by atoms with van der Waals surface area (Å²) in [6.45, 7) is 0. The van der Waals surface area contributed by atoms with Crippen LogP contribution in [0.3, 0.4) is 0 Å². The SMILES string of the molecule is CSc1ccc(-c2noc(-c3cc(O)c(O)c([N+](=O)[O-])c3)n2)c(=O)[nH]1. The molecule has 3 aromatic rings. The van der Waals surface area contributed by atoms with Crippen molar-refractivity contribution < 1.29 is 19.7 Å². The molecule has 0 radical (unpaired) electrons. The quantitative estimate of drug-likeness (QED) is 0.274. The van der Waals surface area contributed by atoms with Crippen LogP contribution in [0.4, 0.5) is 5.69 Å². The maximum atomic E-state index is 12.0. The fourth-order valence-corrected chi connectivity index (χ4v) is 2.47. The van der Waals surface area contributed by atoms with Gasteiger partial charge in [0, 0.05) is 6.07 Å². The van der Waals surface area contributed by atoms with E-state index in [1.165, 1.54) is 17.8 Å². The molecule has 0 amide bonds. The normalized spacial score (nSPS) is 10.8. The van der Waals surface area contributed by atoms with Gasteiger partial charge >= 0.3 is 5.69 Å². The van der Waals surface area contributed by atoms with E-state index in [2.05, 4.69) is 15.1 Å². The smallest absolute Gasteiger partial charge is 0.315 e. The largest absolute Gasteiger partial charge is 0.504 e. The van der Waals surface area contributed by atoms with E-state index in [0.717, 1.165) is 12.1 Å². The fourth-order valence-electron chi connectivity index (χ4n) is 2.07. The van der Waals surface area contributed by atoms with Crippen LogP contribution in [-0.4, -0.2) is 36.5 Å². The van der Waals surface area contributed by atoms with Crippen molar-refractivity contribution >= 4 is 17.4 Å². The van der Waals surface area contributed by atoms with Gasteiger partial charge in [0.25, 0.3) is 11.4 Å². The van der Waals surface area contributed by atoms with E-state index in [1.54, 1.807) is 6.07 Å². The number of hydrogen-bond donors (Lipinski definition) is 3. The number of aromatic amines is 1. The number of phenolic OH excluding ortho intramolecular Hbond substituents is 2. The third kappa shape index (κ3) is 3.04. The molecule has 0 saturated heterocycles. The molecule has 0 fully saturated rings. The maximum Gasteiger partial charge on any atom is 0.315 e. The van der Waals surface area contributed by atoms with Crippen LogP contribution in [0.25, 0.3) is 22.8 Å². The average molecular weight is 362 g/mol. The van der Waals surface area contributed by atoms with Gasteiger partial charge in [-0.25, -0.2) is 0 Å². The first-order valence-electron chi connectivity index (χ1n) is 6.73. The lowest BCUT2D eigenvalue weighted by Crippen LogP contribution is -2.09. The number of pyridine rings is 1. The first-order chi connectivity index (χ1) is 11.9. The molecule has 1 aromatic carbocycles. The molecule has 11 heteroatoms. The van der Waals surface area contributed by atoms with Crippen LogP contribution in [0.2, 0.25) is 0 Å². The minimum absolute atomic E-state index is 0.0147. The summed E-state index contributed by atoms with van der Waals surface area (Å²) in [5, 5.41) is 34.4. The molecule has 2 heterocycles. The van der Waals surface area contributed by atoms with Crippen LogP contribution in [0.15, 0.2) is 38.6 Å². The van der Waals surface area contributed by atoms with E-state index in [4.69, 9.17) is 4.52 Å². The van der Waals surface area contributed by atoms with Gasteiger partial charge < -0.3 is 19.7 Å². The monoisotopic (exact) mass is 362 g/mol. The maximum absolute atomic E-state index is 12.0. The van der Waals surface area contributed by atoms with Gasteiger partial charge in [-0.3, -0.25) is 14.9 Å². The average Bonchev–Trinajstić information content (AvgIpc) is 3.06. The molecule has 128 valence electrons.